The van der Waals surface area contributed by atoms with Crippen molar-refractivity contribution in [3.8, 4) is 0 Å². The van der Waals surface area contributed by atoms with Gasteiger partial charge in [0.15, 0.2) is 6.10 Å². The number of nitrogens with zero attached hydrogens (tertiary/aromatic N) is 1. The van der Waals surface area contributed by atoms with E-state index in [1.165, 1.54) is 0 Å². The molecule has 0 bridgehead atoms. The number of para-hydroxylation sites is 1. The number of thioether (sulfide) groups is 1. The topological polar surface area (TPSA) is 68.3 Å². The minimum atomic E-state index is -0.921. The van der Waals surface area contributed by atoms with E-state index in [1.807, 2.05) is 48.7 Å². The molecule has 32 heavy (non-hydrogen) atoms. The SMILES string of the molecule is CC[C@@H](C)c1ccccc1NC(=O)[C@H](C)OC(=O)c1ccccc1CSc1nc(C)cs1. The van der Waals surface area contributed by atoms with Gasteiger partial charge in [-0.1, -0.05) is 62.0 Å². The molecule has 1 N–H and O–H groups in total. The molecule has 1 heterocycles. The summed E-state index contributed by atoms with van der Waals surface area (Å²) in [5, 5.41) is 4.92. The Morgan fingerprint density at radius 1 is 1.12 bits per heavy atom. The number of aryl methyl sites for hydroxylation is 1. The predicted molar refractivity (Wildman–Crippen MR) is 132 cm³/mol. The van der Waals surface area contributed by atoms with E-state index in [1.54, 1.807) is 42.2 Å². The maximum absolute atomic E-state index is 12.8. The fraction of sp³-hybridized carbons (Fsp3) is 0.320. The van der Waals surface area contributed by atoms with Gasteiger partial charge >= 0.3 is 5.97 Å². The van der Waals surface area contributed by atoms with E-state index in [0.717, 1.165) is 33.3 Å². The number of thiazole rings is 1. The van der Waals surface area contributed by atoms with Crippen LogP contribution in [0.3, 0.4) is 0 Å². The van der Waals surface area contributed by atoms with Crippen molar-refractivity contribution in [1.82, 2.24) is 4.98 Å². The average molecular weight is 469 g/mol. The molecule has 0 aliphatic carbocycles. The minimum Gasteiger partial charge on any atom is -0.449 e. The van der Waals surface area contributed by atoms with Crippen LogP contribution in [-0.2, 0) is 15.3 Å². The number of amides is 1. The molecule has 0 saturated carbocycles. The summed E-state index contributed by atoms with van der Waals surface area (Å²) < 4.78 is 6.48. The summed E-state index contributed by atoms with van der Waals surface area (Å²) in [5.41, 5.74) is 4.13. The Hall–Kier alpha value is -2.64. The molecule has 0 unspecified atom stereocenters. The van der Waals surface area contributed by atoms with Gasteiger partial charge in [-0.2, -0.15) is 0 Å². The van der Waals surface area contributed by atoms with Crippen LogP contribution in [0.5, 0.6) is 0 Å². The highest BCUT2D eigenvalue weighted by Gasteiger charge is 2.22. The number of hydrogen-bond acceptors (Lipinski definition) is 6. The third-order valence-corrected chi connectivity index (χ3v) is 7.39. The maximum Gasteiger partial charge on any atom is 0.339 e. The van der Waals surface area contributed by atoms with E-state index in [0.29, 0.717) is 17.2 Å². The second-order valence-electron chi connectivity index (χ2n) is 7.63. The van der Waals surface area contributed by atoms with Gasteiger partial charge in [0.1, 0.15) is 4.34 Å². The molecule has 2 aromatic carbocycles. The summed E-state index contributed by atoms with van der Waals surface area (Å²) in [4.78, 5) is 30.0. The third kappa shape index (κ3) is 6.20. The van der Waals surface area contributed by atoms with E-state index < -0.39 is 12.1 Å². The first-order valence-corrected chi connectivity index (χ1v) is 12.5. The van der Waals surface area contributed by atoms with Crippen LogP contribution < -0.4 is 5.32 Å². The van der Waals surface area contributed by atoms with Gasteiger partial charge < -0.3 is 10.1 Å². The molecule has 5 nitrogen and oxygen atoms in total. The summed E-state index contributed by atoms with van der Waals surface area (Å²) >= 11 is 3.17. The van der Waals surface area contributed by atoms with Crippen molar-refractivity contribution in [1.29, 1.82) is 0 Å². The molecule has 0 radical (unpaired) electrons. The number of nitrogens with one attached hydrogen (secondary N) is 1. The summed E-state index contributed by atoms with van der Waals surface area (Å²) in [6, 6.07) is 15.1. The van der Waals surface area contributed by atoms with Crippen molar-refractivity contribution < 1.29 is 14.3 Å². The van der Waals surface area contributed by atoms with Gasteiger partial charge in [-0.15, -0.1) is 11.3 Å². The van der Waals surface area contributed by atoms with Crippen LogP contribution in [0.2, 0.25) is 0 Å². The van der Waals surface area contributed by atoms with Gasteiger partial charge in [-0.05, 0) is 49.4 Å². The highest BCUT2D eigenvalue weighted by Crippen LogP contribution is 2.28. The number of carbonyl (C=O) groups excluding carboxylic acids is 2. The molecule has 0 saturated heterocycles. The van der Waals surface area contributed by atoms with E-state index in [4.69, 9.17) is 4.74 Å². The lowest BCUT2D eigenvalue weighted by molar-refractivity contribution is -0.123. The molecular weight excluding hydrogens is 440 g/mol. The standard InChI is InChI=1S/C25H28N2O3S2/c1-5-16(2)20-11-8-9-13-22(20)27-23(28)18(4)30-24(29)21-12-7-6-10-19(21)15-32-25-26-17(3)14-31-25/h6-14,16,18H,5,15H2,1-4H3,(H,27,28)/t16-,18+/m1/s1. The van der Waals surface area contributed by atoms with Gasteiger partial charge in [0.05, 0.1) is 5.56 Å². The molecule has 1 amide bonds. The van der Waals surface area contributed by atoms with Crippen LogP contribution >= 0.6 is 23.1 Å². The van der Waals surface area contributed by atoms with Gasteiger partial charge in [-0.25, -0.2) is 9.78 Å². The lowest BCUT2D eigenvalue weighted by Crippen LogP contribution is -2.30. The molecule has 0 fully saturated rings. The Balaban J connectivity index is 1.65. The first-order valence-electron chi connectivity index (χ1n) is 10.6. The fourth-order valence-corrected chi connectivity index (χ4v) is 5.01. The minimum absolute atomic E-state index is 0.315. The first-order chi connectivity index (χ1) is 15.4. The van der Waals surface area contributed by atoms with Gasteiger partial charge in [0.25, 0.3) is 5.91 Å². The lowest BCUT2D eigenvalue weighted by Gasteiger charge is -2.18. The highest BCUT2D eigenvalue weighted by atomic mass is 32.2. The maximum atomic E-state index is 12.8. The van der Waals surface area contributed by atoms with Gasteiger partial charge in [0, 0.05) is 22.5 Å². The van der Waals surface area contributed by atoms with Crippen molar-refractivity contribution >= 4 is 40.7 Å². The van der Waals surface area contributed by atoms with Crippen LogP contribution in [0.15, 0.2) is 58.3 Å². The second-order valence-corrected chi connectivity index (χ2v) is 9.71. The Labute approximate surface area is 197 Å². The Morgan fingerprint density at radius 3 is 2.56 bits per heavy atom. The number of esters is 1. The second kappa shape index (κ2) is 11.3. The molecule has 0 aliphatic heterocycles. The van der Waals surface area contributed by atoms with Crippen LogP contribution in [0.25, 0.3) is 0 Å². The third-order valence-electron chi connectivity index (χ3n) is 5.20. The number of anilines is 1. The van der Waals surface area contributed by atoms with E-state index in [2.05, 4.69) is 24.1 Å². The Morgan fingerprint density at radius 2 is 1.84 bits per heavy atom. The molecule has 168 valence electrons. The van der Waals surface area contributed by atoms with E-state index in [-0.39, 0.29) is 5.91 Å². The molecule has 0 aliphatic rings. The number of ether oxygens (including phenoxy) is 1. The van der Waals surface area contributed by atoms with Crippen LogP contribution in [0, 0.1) is 6.92 Å². The van der Waals surface area contributed by atoms with Crippen LogP contribution in [-0.4, -0.2) is 23.0 Å². The van der Waals surface area contributed by atoms with Crippen molar-refractivity contribution in [3.63, 3.8) is 0 Å². The average Bonchev–Trinajstić information content (AvgIpc) is 3.22. The molecule has 2 atom stereocenters. The molecule has 0 spiro atoms. The molecule has 7 heteroatoms. The van der Waals surface area contributed by atoms with E-state index in [9.17, 15) is 9.59 Å². The van der Waals surface area contributed by atoms with Crippen molar-refractivity contribution in [2.24, 2.45) is 0 Å². The Bertz CT molecular complexity index is 1080. The summed E-state index contributed by atoms with van der Waals surface area (Å²) in [7, 11) is 0. The van der Waals surface area contributed by atoms with Crippen molar-refractivity contribution in [3.05, 3.63) is 76.3 Å². The fourth-order valence-electron chi connectivity index (χ4n) is 3.16. The predicted octanol–water partition coefficient (Wildman–Crippen LogP) is 6.44. The number of aromatic nitrogens is 1. The Kier molecular flexibility index (Phi) is 8.47. The highest BCUT2D eigenvalue weighted by molar-refractivity contribution is 8.00. The zero-order valence-electron chi connectivity index (χ0n) is 18.8. The van der Waals surface area contributed by atoms with Crippen molar-refractivity contribution in [2.45, 2.75) is 56.2 Å². The molecule has 3 rings (SSSR count). The van der Waals surface area contributed by atoms with E-state index >= 15 is 0 Å². The van der Waals surface area contributed by atoms with Gasteiger partial charge in [-0.3, -0.25) is 4.79 Å². The summed E-state index contributed by atoms with van der Waals surface area (Å²) in [6.45, 7) is 7.78. The molecule has 3 aromatic rings. The first kappa shape index (κ1) is 24.0. The monoisotopic (exact) mass is 468 g/mol. The van der Waals surface area contributed by atoms with Crippen LogP contribution in [0.1, 0.15) is 60.3 Å². The zero-order valence-corrected chi connectivity index (χ0v) is 20.4. The summed E-state index contributed by atoms with van der Waals surface area (Å²) in [5.74, 6) is 0.0603. The number of hydrogen-bond donors (Lipinski definition) is 1. The normalized spacial score (nSPS) is 12.8. The van der Waals surface area contributed by atoms with Crippen molar-refractivity contribution in [2.75, 3.05) is 5.32 Å². The van der Waals surface area contributed by atoms with Gasteiger partial charge in [0.2, 0.25) is 0 Å². The quantitative estimate of drug-likeness (QED) is 0.289. The summed E-state index contributed by atoms with van der Waals surface area (Å²) in [6.07, 6.45) is 0.0436. The van der Waals surface area contributed by atoms with Crippen LogP contribution in [0.4, 0.5) is 5.69 Å². The number of rotatable bonds is 9. The zero-order chi connectivity index (χ0) is 23.1. The largest absolute Gasteiger partial charge is 0.449 e. The lowest BCUT2D eigenvalue weighted by atomic mass is 9.97. The smallest absolute Gasteiger partial charge is 0.339 e. The molecule has 1 aromatic heterocycles. The molecular formula is C25H28N2O3S2. The number of benzene rings is 2. The number of carbonyl (C=O) groups is 2.